The van der Waals surface area contributed by atoms with Crippen LogP contribution in [0.1, 0.15) is 40.5 Å². The first-order valence-electron chi connectivity index (χ1n) is 7.76. The van der Waals surface area contributed by atoms with E-state index in [1.807, 2.05) is 26.0 Å². The van der Waals surface area contributed by atoms with Gasteiger partial charge >= 0.3 is 0 Å². The Morgan fingerprint density at radius 3 is 2.91 bits per heavy atom. The summed E-state index contributed by atoms with van der Waals surface area (Å²) in [4.78, 5) is 28.1. The van der Waals surface area contributed by atoms with Crippen molar-refractivity contribution < 1.29 is 9.59 Å². The lowest BCUT2D eigenvalue weighted by molar-refractivity contribution is -0.116. The third kappa shape index (κ3) is 3.23. The standard InChI is InChI=1S/C18H19N3O2/c1-3-14-10-13(6-7-19-14)18(23)20-15-8-11(2)17-12(9-15)4-5-16(22)21-17/h6-10H,3-5H2,1-2H3,(H,20,23)(H,21,22). The summed E-state index contributed by atoms with van der Waals surface area (Å²) in [5.41, 5.74) is 5.12. The molecule has 0 saturated heterocycles. The highest BCUT2D eigenvalue weighted by atomic mass is 16.2. The average Bonchev–Trinajstić information content (AvgIpc) is 2.55. The van der Waals surface area contributed by atoms with Gasteiger partial charge in [-0.05, 0) is 55.2 Å². The number of anilines is 2. The van der Waals surface area contributed by atoms with Crippen LogP contribution >= 0.6 is 0 Å². The molecule has 1 aromatic heterocycles. The van der Waals surface area contributed by atoms with Crippen LogP contribution in [-0.4, -0.2) is 16.8 Å². The first-order chi connectivity index (χ1) is 11.1. The van der Waals surface area contributed by atoms with Gasteiger partial charge in [-0.1, -0.05) is 6.92 Å². The normalized spacial score (nSPS) is 13.2. The zero-order chi connectivity index (χ0) is 16.4. The largest absolute Gasteiger partial charge is 0.326 e. The molecule has 0 saturated carbocycles. The van der Waals surface area contributed by atoms with Crippen molar-refractivity contribution in [1.82, 2.24) is 4.98 Å². The zero-order valence-corrected chi connectivity index (χ0v) is 13.3. The second-order valence-corrected chi connectivity index (χ2v) is 5.72. The number of nitrogens with zero attached hydrogens (tertiary/aromatic N) is 1. The first-order valence-corrected chi connectivity index (χ1v) is 7.76. The molecule has 5 nitrogen and oxygen atoms in total. The van der Waals surface area contributed by atoms with Crippen LogP contribution in [0.5, 0.6) is 0 Å². The molecule has 0 unspecified atom stereocenters. The van der Waals surface area contributed by atoms with E-state index >= 15 is 0 Å². The van der Waals surface area contributed by atoms with Crippen LogP contribution in [0.25, 0.3) is 0 Å². The molecule has 5 heteroatoms. The van der Waals surface area contributed by atoms with E-state index in [-0.39, 0.29) is 11.8 Å². The maximum atomic E-state index is 12.4. The maximum Gasteiger partial charge on any atom is 0.255 e. The van der Waals surface area contributed by atoms with Crippen molar-refractivity contribution in [1.29, 1.82) is 0 Å². The molecule has 0 atom stereocenters. The summed E-state index contributed by atoms with van der Waals surface area (Å²) in [5, 5.41) is 5.83. The topological polar surface area (TPSA) is 71.1 Å². The number of hydrogen-bond acceptors (Lipinski definition) is 3. The molecule has 2 heterocycles. The number of hydrogen-bond donors (Lipinski definition) is 2. The van der Waals surface area contributed by atoms with Crippen LogP contribution in [0.4, 0.5) is 11.4 Å². The molecular formula is C18H19N3O2. The fraction of sp³-hybridized carbons (Fsp3) is 0.278. The molecule has 0 aliphatic carbocycles. The van der Waals surface area contributed by atoms with Gasteiger partial charge in [0.25, 0.3) is 5.91 Å². The number of aromatic nitrogens is 1. The Kier molecular flexibility index (Phi) is 4.10. The van der Waals surface area contributed by atoms with Gasteiger partial charge in [0.05, 0.1) is 0 Å². The highest BCUT2D eigenvalue weighted by Gasteiger charge is 2.18. The lowest BCUT2D eigenvalue weighted by atomic mass is 9.98. The predicted octanol–water partition coefficient (Wildman–Crippen LogP) is 3.09. The molecule has 118 valence electrons. The smallest absolute Gasteiger partial charge is 0.255 e. The quantitative estimate of drug-likeness (QED) is 0.915. The Morgan fingerprint density at radius 1 is 1.30 bits per heavy atom. The van der Waals surface area contributed by atoms with Gasteiger partial charge in [0, 0.05) is 35.2 Å². The Balaban J connectivity index is 1.84. The van der Waals surface area contributed by atoms with Gasteiger partial charge in [0.1, 0.15) is 0 Å². The van der Waals surface area contributed by atoms with Crippen molar-refractivity contribution in [3.63, 3.8) is 0 Å². The van der Waals surface area contributed by atoms with Crippen LogP contribution in [0, 0.1) is 6.92 Å². The Bertz CT molecular complexity index is 784. The van der Waals surface area contributed by atoms with Gasteiger partial charge in [-0.2, -0.15) is 0 Å². The van der Waals surface area contributed by atoms with Crippen LogP contribution in [-0.2, 0) is 17.6 Å². The van der Waals surface area contributed by atoms with E-state index in [4.69, 9.17) is 0 Å². The summed E-state index contributed by atoms with van der Waals surface area (Å²) < 4.78 is 0. The fourth-order valence-electron chi connectivity index (χ4n) is 2.77. The number of rotatable bonds is 3. The number of benzene rings is 1. The summed E-state index contributed by atoms with van der Waals surface area (Å²) in [7, 11) is 0. The minimum absolute atomic E-state index is 0.0428. The minimum atomic E-state index is -0.152. The summed E-state index contributed by atoms with van der Waals surface area (Å²) in [6.07, 6.45) is 3.62. The highest BCUT2D eigenvalue weighted by Crippen LogP contribution is 2.30. The molecule has 0 fully saturated rings. The van der Waals surface area contributed by atoms with E-state index < -0.39 is 0 Å². The number of carbonyl (C=O) groups is 2. The summed E-state index contributed by atoms with van der Waals surface area (Å²) in [5.74, 6) is -0.109. The fourth-order valence-corrected chi connectivity index (χ4v) is 2.77. The van der Waals surface area contributed by atoms with Gasteiger partial charge in [-0.3, -0.25) is 14.6 Å². The van der Waals surface area contributed by atoms with Crippen molar-refractivity contribution in [3.05, 3.63) is 52.8 Å². The molecular weight excluding hydrogens is 290 g/mol. The van der Waals surface area contributed by atoms with Gasteiger partial charge in [0.15, 0.2) is 0 Å². The molecule has 2 N–H and O–H groups in total. The Morgan fingerprint density at radius 2 is 2.13 bits per heavy atom. The van der Waals surface area contributed by atoms with Gasteiger partial charge in [-0.25, -0.2) is 0 Å². The Labute approximate surface area is 135 Å². The molecule has 1 aromatic carbocycles. The summed E-state index contributed by atoms with van der Waals surface area (Å²) in [6.45, 7) is 3.94. The van der Waals surface area contributed by atoms with Gasteiger partial charge in [-0.15, -0.1) is 0 Å². The Hall–Kier alpha value is -2.69. The van der Waals surface area contributed by atoms with E-state index in [1.54, 1.807) is 18.3 Å². The molecule has 1 aliphatic rings. The first kappa shape index (κ1) is 15.2. The van der Waals surface area contributed by atoms with E-state index in [0.717, 1.165) is 34.6 Å². The number of fused-ring (bicyclic) bond motifs is 1. The SMILES string of the molecule is CCc1cc(C(=O)Nc2cc(C)c3c(c2)CCC(=O)N3)ccn1. The molecule has 1 aliphatic heterocycles. The lowest BCUT2D eigenvalue weighted by Gasteiger charge is -2.20. The van der Waals surface area contributed by atoms with Crippen molar-refractivity contribution >= 4 is 23.2 Å². The molecule has 3 rings (SSSR count). The van der Waals surface area contributed by atoms with Crippen molar-refractivity contribution in [2.45, 2.75) is 33.1 Å². The van der Waals surface area contributed by atoms with E-state index in [2.05, 4.69) is 15.6 Å². The molecule has 0 radical (unpaired) electrons. The second kappa shape index (κ2) is 6.20. The summed E-state index contributed by atoms with van der Waals surface area (Å²) >= 11 is 0. The lowest BCUT2D eigenvalue weighted by Crippen LogP contribution is -2.20. The zero-order valence-electron chi connectivity index (χ0n) is 13.3. The maximum absolute atomic E-state index is 12.4. The summed E-state index contributed by atoms with van der Waals surface area (Å²) in [6, 6.07) is 7.33. The molecule has 2 amide bonds. The number of nitrogens with one attached hydrogen (secondary N) is 2. The van der Waals surface area contributed by atoms with Crippen molar-refractivity contribution in [2.75, 3.05) is 10.6 Å². The van der Waals surface area contributed by atoms with Gasteiger partial charge in [0.2, 0.25) is 5.91 Å². The van der Waals surface area contributed by atoms with Crippen LogP contribution in [0.2, 0.25) is 0 Å². The predicted molar refractivity (Wildman–Crippen MR) is 89.7 cm³/mol. The van der Waals surface area contributed by atoms with E-state index in [9.17, 15) is 9.59 Å². The van der Waals surface area contributed by atoms with Crippen LogP contribution < -0.4 is 10.6 Å². The third-order valence-corrected chi connectivity index (χ3v) is 4.00. The van der Waals surface area contributed by atoms with Crippen LogP contribution in [0.3, 0.4) is 0 Å². The average molecular weight is 309 g/mol. The molecule has 2 aromatic rings. The molecule has 23 heavy (non-hydrogen) atoms. The van der Waals surface area contributed by atoms with Crippen LogP contribution in [0.15, 0.2) is 30.5 Å². The highest BCUT2D eigenvalue weighted by molar-refractivity contribution is 6.05. The number of amides is 2. The molecule has 0 spiro atoms. The second-order valence-electron chi connectivity index (χ2n) is 5.72. The van der Waals surface area contributed by atoms with Gasteiger partial charge < -0.3 is 10.6 Å². The number of pyridine rings is 1. The minimum Gasteiger partial charge on any atom is -0.326 e. The monoisotopic (exact) mass is 309 g/mol. The number of aryl methyl sites for hydroxylation is 3. The van der Waals surface area contributed by atoms with E-state index in [1.165, 1.54) is 0 Å². The molecule has 0 bridgehead atoms. The van der Waals surface area contributed by atoms with Crippen molar-refractivity contribution in [3.8, 4) is 0 Å². The number of carbonyl (C=O) groups excluding carboxylic acids is 2. The van der Waals surface area contributed by atoms with Crippen molar-refractivity contribution in [2.24, 2.45) is 0 Å². The third-order valence-electron chi connectivity index (χ3n) is 4.00. The van der Waals surface area contributed by atoms with E-state index in [0.29, 0.717) is 18.4 Å².